The van der Waals surface area contributed by atoms with Crippen molar-refractivity contribution in [2.45, 2.75) is 25.6 Å². The fraction of sp³-hybridized carbons (Fsp3) is 0.800. The second-order valence-electron chi connectivity index (χ2n) is 4.41. The summed E-state index contributed by atoms with van der Waals surface area (Å²) in [5.41, 5.74) is 6.55. The summed E-state index contributed by atoms with van der Waals surface area (Å²) in [6, 6.07) is -0.0660. The highest BCUT2D eigenvalue weighted by molar-refractivity contribution is 4.97. The fourth-order valence-electron chi connectivity index (χ4n) is 1.80. The molecule has 6 heteroatoms. The largest absolute Gasteiger partial charge is 0.374 e. The molecular formula is C10H19N5O. The van der Waals surface area contributed by atoms with Crippen molar-refractivity contribution < 1.29 is 4.74 Å². The normalized spacial score (nSPS) is 24.6. The number of nitrogens with two attached hydrogens (primary N) is 1. The molecule has 0 saturated carbocycles. The van der Waals surface area contributed by atoms with E-state index in [9.17, 15) is 0 Å². The number of nitrogens with zero attached hydrogens (tertiary/aromatic N) is 4. The molecular weight excluding hydrogens is 206 g/mol. The van der Waals surface area contributed by atoms with Gasteiger partial charge in [0.25, 0.3) is 0 Å². The van der Waals surface area contributed by atoms with Gasteiger partial charge in [-0.25, -0.2) is 4.68 Å². The molecule has 1 aromatic heterocycles. The molecule has 2 unspecified atom stereocenters. The summed E-state index contributed by atoms with van der Waals surface area (Å²) < 4.78 is 7.47. The molecule has 0 bridgehead atoms. The van der Waals surface area contributed by atoms with Crippen LogP contribution in [0.15, 0.2) is 6.20 Å². The van der Waals surface area contributed by atoms with Crippen molar-refractivity contribution in [2.75, 3.05) is 26.7 Å². The molecule has 1 aromatic rings. The van der Waals surface area contributed by atoms with E-state index in [0.29, 0.717) is 0 Å². The third kappa shape index (κ3) is 2.78. The molecule has 0 spiro atoms. The monoisotopic (exact) mass is 225 g/mol. The Hall–Kier alpha value is -0.980. The van der Waals surface area contributed by atoms with E-state index < -0.39 is 0 Å². The Morgan fingerprint density at radius 1 is 1.69 bits per heavy atom. The molecule has 2 heterocycles. The minimum atomic E-state index is -0.0660. The van der Waals surface area contributed by atoms with E-state index in [1.165, 1.54) is 0 Å². The standard InChI is InChI=1S/C10H19N5O/c1-8(11)10-7-15(13-12-10)6-9-5-14(2)3-4-16-9/h7-9H,3-6,11H2,1-2H3. The number of aromatic nitrogens is 3. The van der Waals surface area contributed by atoms with Crippen LogP contribution in [-0.4, -0.2) is 52.7 Å². The number of hydrogen-bond acceptors (Lipinski definition) is 5. The zero-order valence-corrected chi connectivity index (χ0v) is 9.83. The van der Waals surface area contributed by atoms with E-state index in [0.717, 1.165) is 31.9 Å². The van der Waals surface area contributed by atoms with Crippen molar-refractivity contribution >= 4 is 0 Å². The number of rotatable bonds is 3. The van der Waals surface area contributed by atoms with Gasteiger partial charge in [0.1, 0.15) is 0 Å². The van der Waals surface area contributed by atoms with Crippen LogP contribution in [0, 0.1) is 0 Å². The molecule has 0 amide bonds. The van der Waals surface area contributed by atoms with Crippen LogP contribution in [0.3, 0.4) is 0 Å². The van der Waals surface area contributed by atoms with Crippen molar-refractivity contribution in [1.82, 2.24) is 19.9 Å². The number of ether oxygens (including phenoxy) is 1. The lowest BCUT2D eigenvalue weighted by molar-refractivity contribution is -0.0292. The van der Waals surface area contributed by atoms with Gasteiger partial charge < -0.3 is 15.4 Å². The summed E-state index contributed by atoms with van der Waals surface area (Å²) in [4.78, 5) is 2.26. The van der Waals surface area contributed by atoms with E-state index >= 15 is 0 Å². The molecule has 0 radical (unpaired) electrons. The van der Waals surface area contributed by atoms with Crippen molar-refractivity contribution in [3.8, 4) is 0 Å². The van der Waals surface area contributed by atoms with Crippen molar-refractivity contribution in [3.63, 3.8) is 0 Å². The van der Waals surface area contributed by atoms with Crippen molar-refractivity contribution in [3.05, 3.63) is 11.9 Å². The average molecular weight is 225 g/mol. The summed E-state index contributed by atoms with van der Waals surface area (Å²) in [6.45, 7) is 5.37. The molecule has 2 rings (SSSR count). The van der Waals surface area contributed by atoms with Gasteiger partial charge in [0.05, 0.1) is 31.1 Å². The molecule has 1 aliphatic heterocycles. The van der Waals surface area contributed by atoms with Crippen LogP contribution in [0.5, 0.6) is 0 Å². The molecule has 0 aromatic carbocycles. The lowest BCUT2D eigenvalue weighted by Crippen LogP contribution is -2.42. The average Bonchev–Trinajstić information content (AvgIpc) is 2.66. The number of hydrogen-bond donors (Lipinski definition) is 1. The molecule has 16 heavy (non-hydrogen) atoms. The van der Waals surface area contributed by atoms with E-state index in [1.54, 1.807) is 0 Å². The highest BCUT2D eigenvalue weighted by Crippen LogP contribution is 2.08. The van der Waals surface area contributed by atoms with E-state index in [-0.39, 0.29) is 12.1 Å². The summed E-state index contributed by atoms with van der Waals surface area (Å²) >= 11 is 0. The maximum Gasteiger partial charge on any atom is 0.0991 e. The second kappa shape index (κ2) is 4.90. The summed E-state index contributed by atoms with van der Waals surface area (Å²) in [5.74, 6) is 0. The van der Waals surface area contributed by atoms with Gasteiger partial charge in [-0.3, -0.25) is 0 Å². The topological polar surface area (TPSA) is 69.2 Å². The lowest BCUT2D eigenvalue weighted by Gasteiger charge is -2.29. The van der Waals surface area contributed by atoms with Gasteiger partial charge in [-0.1, -0.05) is 5.21 Å². The smallest absolute Gasteiger partial charge is 0.0991 e. The Morgan fingerprint density at radius 3 is 3.12 bits per heavy atom. The van der Waals surface area contributed by atoms with Crippen LogP contribution in [-0.2, 0) is 11.3 Å². The van der Waals surface area contributed by atoms with Crippen LogP contribution in [0.25, 0.3) is 0 Å². The summed E-state index contributed by atoms with van der Waals surface area (Å²) in [6.07, 6.45) is 2.09. The minimum absolute atomic E-state index is 0.0660. The van der Waals surface area contributed by atoms with Crippen LogP contribution >= 0.6 is 0 Å². The van der Waals surface area contributed by atoms with E-state index in [4.69, 9.17) is 10.5 Å². The number of morpholine rings is 1. The molecule has 2 N–H and O–H groups in total. The first-order valence-electron chi connectivity index (χ1n) is 5.61. The lowest BCUT2D eigenvalue weighted by atomic mass is 10.2. The van der Waals surface area contributed by atoms with Gasteiger partial charge in [0.15, 0.2) is 0 Å². The highest BCUT2D eigenvalue weighted by Gasteiger charge is 2.18. The Morgan fingerprint density at radius 2 is 2.50 bits per heavy atom. The minimum Gasteiger partial charge on any atom is -0.374 e. The van der Waals surface area contributed by atoms with Gasteiger partial charge >= 0.3 is 0 Å². The predicted octanol–water partition coefficient (Wildman–Crippen LogP) is -0.372. The van der Waals surface area contributed by atoms with Gasteiger partial charge in [0.2, 0.25) is 0 Å². The predicted molar refractivity (Wildman–Crippen MR) is 59.9 cm³/mol. The molecule has 0 aliphatic carbocycles. The zero-order valence-electron chi connectivity index (χ0n) is 9.83. The van der Waals surface area contributed by atoms with Gasteiger partial charge in [0, 0.05) is 19.1 Å². The quantitative estimate of drug-likeness (QED) is 0.760. The Labute approximate surface area is 95.4 Å². The van der Waals surface area contributed by atoms with Crippen LogP contribution < -0.4 is 5.73 Å². The molecule has 1 aliphatic rings. The van der Waals surface area contributed by atoms with Crippen LogP contribution in [0.2, 0.25) is 0 Å². The molecule has 1 saturated heterocycles. The van der Waals surface area contributed by atoms with Crippen molar-refractivity contribution in [1.29, 1.82) is 0 Å². The molecule has 90 valence electrons. The highest BCUT2D eigenvalue weighted by atomic mass is 16.5. The van der Waals surface area contributed by atoms with Gasteiger partial charge in [-0.15, -0.1) is 5.10 Å². The first-order valence-corrected chi connectivity index (χ1v) is 5.61. The summed E-state index contributed by atoms with van der Waals surface area (Å²) in [7, 11) is 2.10. The van der Waals surface area contributed by atoms with Crippen LogP contribution in [0.1, 0.15) is 18.7 Å². The first-order chi connectivity index (χ1) is 7.65. The zero-order chi connectivity index (χ0) is 11.5. The molecule has 1 fully saturated rings. The van der Waals surface area contributed by atoms with Crippen LogP contribution in [0.4, 0.5) is 0 Å². The first kappa shape index (κ1) is 11.5. The Kier molecular flexibility index (Phi) is 3.52. The van der Waals surface area contributed by atoms with E-state index in [1.807, 2.05) is 17.8 Å². The molecule has 6 nitrogen and oxygen atoms in total. The third-order valence-corrected chi connectivity index (χ3v) is 2.76. The van der Waals surface area contributed by atoms with Gasteiger partial charge in [-0.05, 0) is 14.0 Å². The second-order valence-corrected chi connectivity index (χ2v) is 4.41. The maximum atomic E-state index is 5.73. The fourth-order valence-corrected chi connectivity index (χ4v) is 1.80. The SMILES string of the molecule is CC(N)c1cn(CC2CN(C)CCO2)nn1. The Bertz CT molecular complexity index is 338. The third-order valence-electron chi connectivity index (χ3n) is 2.76. The number of likely N-dealkylation sites (N-methyl/N-ethyl adjacent to an activating group) is 1. The van der Waals surface area contributed by atoms with Gasteiger partial charge in [-0.2, -0.15) is 0 Å². The summed E-state index contributed by atoms with van der Waals surface area (Å²) in [5, 5.41) is 8.06. The Balaban J connectivity index is 1.92. The van der Waals surface area contributed by atoms with E-state index in [2.05, 4.69) is 22.3 Å². The maximum absolute atomic E-state index is 5.73. The molecule has 2 atom stereocenters. The van der Waals surface area contributed by atoms with Crippen molar-refractivity contribution in [2.24, 2.45) is 5.73 Å².